The van der Waals surface area contributed by atoms with Crippen LogP contribution in [0.1, 0.15) is 80.4 Å². The minimum atomic E-state index is -4.67. The first-order valence-electron chi connectivity index (χ1n) is 18.3. The van der Waals surface area contributed by atoms with Crippen LogP contribution in [0.2, 0.25) is 5.28 Å². The number of methoxy groups -OCH3 is 1. The van der Waals surface area contributed by atoms with Gasteiger partial charge in [0.2, 0.25) is 5.28 Å². The average Bonchev–Trinajstić information content (AvgIpc) is 3.87. The molecule has 1 N–H and O–H groups in total. The van der Waals surface area contributed by atoms with Gasteiger partial charge in [0.25, 0.3) is 11.2 Å². The predicted molar refractivity (Wildman–Crippen MR) is 201 cm³/mol. The highest BCUT2D eigenvalue weighted by molar-refractivity contribution is 7.87. The van der Waals surface area contributed by atoms with E-state index < -0.39 is 84.3 Å². The van der Waals surface area contributed by atoms with Gasteiger partial charge in [-0.05, 0) is 72.9 Å². The third-order valence-corrected chi connectivity index (χ3v) is 13.3. The van der Waals surface area contributed by atoms with Crippen LogP contribution in [0.3, 0.4) is 0 Å². The molecule has 1 saturated carbocycles. The third kappa shape index (κ3) is 9.02. The molecule has 23 heteroatoms. The van der Waals surface area contributed by atoms with Crippen molar-refractivity contribution in [2.24, 2.45) is 0 Å². The van der Waals surface area contributed by atoms with Gasteiger partial charge in [-0.1, -0.05) is 12.8 Å². The van der Waals surface area contributed by atoms with Crippen LogP contribution in [0.4, 0.5) is 10.6 Å². The lowest BCUT2D eigenvalue weighted by Gasteiger charge is -2.37. The van der Waals surface area contributed by atoms with Crippen molar-refractivity contribution in [1.29, 1.82) is 0 Å². The van der Waals surface area contributed by atoms with Crippen LogP contribution in [0.5, 0.6) is 0 Å². The van der Waals surface area contributed by atoms with Gasteiger partial charge in [0.1, 0.15) is 23.9 Å². The number of nitrogens with zero attached hydrogens (tertiary/aromatic N) is 6. The first-order chi connectivity index (χ1) is 26.1. The van der Waals surface area contributed by atoms with Gasteiger partial charge in [-0.15, -0.1) is 0 Å². The van der Waals surface area contributed by atoms with Gasteiger partial charge in [0.15, 0.2) is 23.5 Å². The number of nitrogens with one attached hydrogen (secondary N) is 1. The molecule has 0 aromatic carbocycles. The lowest BCUT2D eigenvalue weighted by atomic mass is 10.1. The van der Waals surface area contributed by atoms with Crippen molar-refractivity contribution in [2.75, 3.05) is 52.5 Å². The predicted octanol–water partition coefficient (Wildman–Crippen LogP) is 4.13. The summed E-state index contributed by atoms with van der Waals surface area (Å²) in [4.78, 5) is 38.2. The fraction of sp³-hybridized carbons (Fsp3) is 0.788. The van der Waals surface area contributed by atoms with Gasteiger partial charge in [-0.3, -0.25) is 14.3 Å². The summed E-state index contributed by atoms with van der Waals surface area (Å²) >= 11 is 6.55. The molecule has 0 spiro atoms. The molecule has 316 valence electrons. The summed E-state index contributed by atoms with van der Waals surface area (Å²) in [5.74, 6) is -2.28. The summed E-state index contributed by atoms with van der Waals surface area (Å²) in [6, 6.07) is -0.204. The van der Waals surface area contributed by atoms with Crippen LogP contribution >= 0.6 is 19.2 Å². The molecule has 0 radical (unpaired) electrons. The van der Waals surface area contributed by atoms with E-state index in [-0.39, 0.29) is 36.0 Å². The number of hydrogen-bond donors (Lipinski definition) is 1. The molecule has 5 atom stereocenters. The standard InChI is InChI=1S/C33H53ClN7O13PS/c1-11-49-55(44,50-12-2)33(19-47-10,28(42)38-56(45,46)39(8)9)48-18-22-23-24(53-32(6,7)52-23)27(51-22)41-26-21(17-35-41)25(36-29(34)37-26)40(20-15-13-14-16-20)30(43)54-31(3,4)5/h17,20,22-24,27H,11-16,18-19H2,1-10H3,(H,38,42)/t22-,23-,24-,27-,33-/m1/s1. The number of aromatic nitrogens is 4. The SMILES string of the molecule is CCOP(=O)(OCC)[C@@](COC)(OC[C@H]1O[C@@H](n2ncc3c(N(C(=O)OC(C)(C)C)C4CCCC4)nc(Cl)nc32)[C@@H]2OC(C)(C)O[C@@H]21)C(=O)NS(=O)(=O)N(C)C. The number of carbonyl (C=O) groups is 2. The van der Waals surface area contributed by atoms with Crippen molar-refractivity contribution in [1.82, 2.24) is 28.8 Å². The van der Waals surface area contributed by atoms with Crippen LogP contribution in [-0.4, -0.2) is 133 Å². The van der Waals surface area contributed by atoms with Crippen molar-refractivity contribution in [3.05, 3.63) is 11.5 Å². The molecule has 56 heavy (non-hydrogen) atoms. The highest BCUT2D eigenvalue weighted by Crippen LogP contribution is 2.61. The van der Waals surface area contributed by atoms with E-state index in [1.807, 2.05) is 4.72 Å². The fourth-order valence-electron chi connectivity index (χ4n) is 6.87. The number of hydrogen-bond acceptors (Lipinski definition) is 16. The Labute approximate surface area is 331 Å². The summed E-state index contributed by atoms with van der Waals surface area (Å²) < 4.78 is 91.9. The van der Waals surface area contributed by atoms with E-state index in [0.29, 0.717) is 5.39 Å². The van der Waals surface area contributed by atoms with Crippen LogP contribution in [0.15, 0.2) is 6.20 Å². The van der Waals surface area contributed by atoms with Crippen molar-refractivity contribution >= 4 is 58.3 Å². The second kappa shape index (κ2) is 17.0. The van der Waals surface area contributed by atoms with Gasteiger partial charge >= 0.3 is 23.9 Å². The van der Waals surface area contributed by atoms with Crippen LogP contribution < -0.4 is 9.62 Å². The second-order valence-corrected chi connectivity index (χ2v) is 19.6. The summed E-state index contributed by atoms with van der Waals surface area (Å²) in [6.45, 7) is 10.1. The number of anilines is 1. The maximum Gasteiger partial charge on any atom is 0.416 e. The molecule has 0 unspecified atom stereocenters. The first kappa shape index (κ1) is 44.5. The van der Waals surface area contributed by atoms with Crippen LogP contribution in [0, 0.1) is 0 Å². The second-order valence-electron chi connectivity index (χ2n) is 15.1. The number of halogens is 1. The molecule has 2 aliphatic heterocycles. The van der Waals surface area contributed by atoms with E-state index in [0.717, 1.165) is 30.0 Å². The zero-order chi connectivity index (χ0) is 41.4. The average molecular weight is 854 g/mol. The van der Waals surface area contributed by atoms with Crippen molar-refractivity contribution in [3.8, 4) is 0 Å². The molecule has 0 bridgehead atoms. The highest BCUT2D eigenvalue weighted by Gasteiger charge is 2.62. The van der Waals surface area contributed by atoms with Gasteiger partial charge in [-0.25, -0.2) is 14.2 Å². The zero-order valence-electron chi connectivity index (χ0n) is 33.3. The van der Waals surface area contributed by atoms with Crippen molar-refractivity contribution < 1.29 is 60.0 Å². The summed E-state index contributed by atoms with van der Waals surface area (Å²) in [5, 5.41) is 2.18. The minimum Gasteiger partial charge on any atom is -0.443 e. The van der Waals surface area contributed by atoms with Gasteiger partial charge in [0, 0.05) is 27.2 Å². The van der Waals surface area contributed by atoms with E-state index >= 15 is 0 Å². The Kier molecular flexibility index (Phi) is 13.5. The molecule has 2 amide bonds. The van der Waals surface area contributed by atoms with E-state index in [1.165, 1.54) is 50.8 Å². The van der Waals surface area contributed by atoms with Crippen molar-refractivity contribution in [3.63, 3.8) is 0 Å². The smallest absolute Gasteiger partial charge is 0.416 e. The Morgan fingerprint density at radius 2 is 1.71 bits per heavy atom. The van der Waals surface area contributed by atoms with Crippen LogP contribution in [0.25, 0.3) is 11.0 Å². The number of fused-ring (bicyclic) bond motifs is 2. The number of rotatable bonds is 16. The minimum absolute atomic E-state index is 0.162. The topological polar surface area (TPSA) is 221 Å². The molecule has 20 nitrogen and oxygen atoms in total. The maximum atomic E-state index is 14.5. The summed E-state index contributed by atoms with van der Waals surface area (Å²) in [6.07, 6.45) is 0.356. The summed E-state index contributed by atoms with van der Waals surface area (Å²) in [7, 11) is -5.48. The number of ether oxygens (including phenoxy) is 6. The molecule has 2 aromatic heterocycles. The van der Waals surface area contributed by atoms with Gasteiger partial charge in [0.05, 0.1) is 38.0 Å². The Balaban J connectivity index is 1.55. The van der Waals surface area contributed by atoms with E-state index in [1.54, 1.807) is 34.6 Å². The first-order valence-corrected chi connectivity index (χ1v) is 21.7. The Bertz CT molecular complexity index is 1900. The molecule has 4 heterocycles. The van der Waals surface area contributed by atoms with E-state index in [2.05, 4.69) is 15.1 Å². The molecule has 3 fully saturated rings. The lowest BCUT2D eigenvalue weighted by molar-refractivity contribution is -0.207. The van der Waals surface area contributed by atoms with Gasteiger partial charge in [-0.2, -0.15) is 27.8 Å². The Morgan fingerprint density at radius 3 is 2.29 bits per heavy atom. The highest BCUT2D eigenvalue weighted by atomic mass is 35.5. The molecule has 1 aliphatic carbocycles. The molecule has 2 saturated heterocycles. The van der Waals surface area contributed by atoms with E-state index in [9.17, 15) is 22.6 Å². The Hall–Kier alpha value is -2.56. The summed E-state index contributed by atoms with van der Waals surface area (Å²) in [5.41, 5.74) is -0.574. The lowest BCUT2D eigenvalue weighted by Crippen LogP contribution is -2.56. The third-order valence-electron chi connectivity index (χ3n) is 9.20. The van der Waals surface area contributed by atoms with Crippen molar-refractivity contribution in [2.45, 2.75) is 121 Å². The largest absolute Gasteiger partial charge is 0.443 e. The molecular formula is C33H53ClN7O13PS. The molecule has 2 aromatic rings. The van der Waals surface area contributed by atoms with Crippen LogP contribution in [-0.2, 0) is 57.0 Å². The molecule has 5 rings (SSSR count). The quantitative estimate of drug-likeness (QED) is 0.185. The maximum absolute atomic E-state index is 14.5. The molecular weight excluding hydrogens is 801 g/mol. The zero-order valence-corrected chi connectivity index (χ0v) is 35.8. The van der Waals surface area contributed by atoms with E-state index in [4.69, 9.17) is 49.1 Å². The number of amides is 2. The van der Waals surface area contributed by atoms with Gasteiger partial charge < -0.3 is 37.5 Å². The Morgan fingerprint density at radius 1 is 1.09 bits per heavy atom. The molecule has 3 aliphatic rings. The number of carbonyl (C=O) groups excluding carboxylic acids is 2. The fourth-order valence-corrected chi connectivity index (χ4v) is 9.69. The normalized spacial score (nSPS) is 24.1. The monoisotopic (exact) mass is 853 g/mol.